The summed E-state index contributed by atoms with van der Waals surface area (Å²) in [5.41, 5.74) is 5.61. The van der Waals surface area contributed by atoms with E-state index in [1.807, 2.05) is 35.3 Å². The van der Waals surface area contributed by atoms with E-state index in [9.17, 15) is 0 Å². The molecule has 142 valence electrons. The van der Waals surface area contributed by atoms with Crippen LogP contribution in [0.1, 0.15) is 50.0 Å². The van der Waals surface area contributed by atoms with E-state index in [2.05, 4.69) is 40.9 Å². The maximum Gasteiger partial charge on any atom is 0.0924 e. The number of hydrogen-bond donors (Lipinski definition) is 0. The Morgan fingerprint density at radius 1 is 1.04 bits per heavy atom. The van der Waals surface area contributed by atoms with E-state index in [0.717, 1.165) is 23.4 Å². The summed E-state index contributed by atoms with van der Waals surface area (Å²) in [4.78, 5) is 4.39. The molecule has 1 aromatic carbocycles. The highest BCUT2D eigenvalue weighted by atomic mass is 15.3. The molecule has 4 aromatic rings. The van der Waals surface area contributed by atoms with Crippen molar-refractivity contribution in [3.05, 3.63) is 66.2 Å². The number of hydrogen-bond acceptors (Lipinski definition) is 3. The zero-order valence-corrected chi connectivity index (χ0v) is 16.3. The van der Waals surface area contributed by atoms with Gasteiger partial charge in [0.2, 0.25) is 0 Å². The standard InChI is InChI=1S/C23H25N5/c1-2-21-20-11-10-17(15-23(20)28(26-21)19-8-3-4-9-19)22-12-14-27(25-22)16-18-7-5-6-13-24-18/h5-7,10-15,19H,2-4,8-9,16H2,1H3. The van der Waals surface area contributed by atoms with Gasteiger partial charge in [-0.05, 0) is 43.5 Å². The minimum absolute atomic E-state index is 0.541. The highest BCUT2D eigenvalue weighted by Crippen LogP contribution is 2.34. The highest BCUT2D eigenvalue weighted by molar-refractivity contribution is 5.86. The molecule has 0 saturated heterocycles. The molecule has 1 aliphatic rings. The number of pyridine rings is 1. The van der Waals surface area contributed by atoms with E-state index in [4.69, 9.17) is 10.2 Å². The van der Waals surface area contributed by atoms with Crippen molar-refractivity contribution >= 4 is 10.9 Å². The zero-order chi connectivity index (χ0) is 18.9. The Labute approximate surface area is 165 Å². The normalized spacial score (nSPS) is 14.9. The summed E-state index contributed by atoms with van der Waals surface area (Å²) in [6, 6.07) is 15.3. The van der Waals surface area contributed by atoms with Gasteiger partial charge in [0.1, 0.15) is 0 Å². The predicted molar refractivity (Wildman–Crippen MR) is 111 cm³/mol. The first kappa shape index (κ1) is 17.2. The molecule has 0 amide bonds. The fourth-order valence-corrected chi connectivity index (χ4v) is 4.31. The van der Waals surface area contributed by atoms with Gasteiger partial charge in [-0.3, -0.25) is 14.3 Å². The van der Waals surface area contributed by atoms with Crippen LogP contribution in [0.15, 0.2) is 54.9 Å². The molecule has 1 fully saturated rings. The van der Waals surface area contributed by atoms with Crippen molar-refractivity contribution in [2.45, 2.75) is 51.6 Å². The summed E-state index contributed by atoms with van der Waals surface area (Å²) >= 11 is 0. The molecule has 5 nitrogen and oxygen atoms in total. The van der Waals surface area contributed by atoms with Crippen LogP contribution in [-0.4, -0.2) is 24.5 Å². The number of fused-ring (bicyclic) bond motifs is 1. The van der Waals surface area contributed by atoms with Gasteiger partial charge in [0.15, 0.2) is 0 Å². The van der Waals surface area contributed by atoms with Gasteiger partial charge in [-0.1, -0.05) is 38.0 Å². The third kappa shape index (κ3) is 3.11. The van der Waals surface area contributed by atoms with Crippen LogP contribution < -0.4 is 0 Å². The maximum atomic E-state index is 4.97. The van der Waals surface area contributed by atoms with Crippen LogP contribution in [-0.2, 0) is 13.0 Å². The molecule has 0 aliphatic heterocycles. The van der Waals surface area contributed by atoms with Crippen molar-refractivity contribution in [3.63, 3.8) is 0 Å². The molecule has 3 heterocycles. The second-order valence-electron chi connectivity index (χ2n) is 7.63. The molecule has 0 atom stereocenters. The number of aromatic nitrogens is 5. The van der Waals surface area contributed by atoms with Gasteiger partial charge in [0.25, 0.3) is 0 Å². The van der Waals surface area contributed by atoms with Gasteiger partial charge in [-0.25, -0.2) is 0 Å². The Hall–Kier alpha value is -2.95. The molecule has 3 aromatic heterocycles. The Bertz CT molecular complexity index is 1090. The topological polar surface area (TPSA) is 48.5 Å². The van der Waals surface area contributed by atoms with Crippen molar-refractivity contribution in [2.75, 3.05) is 0 Å². The lowest BCUT2D eigenvalue weighted by Gasteiger charge is -2.11. The Morgan fingerprint density at radius 3 is 2.71 bits per heavy atom. The molecule has 0 radical (unpaired) electrons. The molecular formula is C23H25N5. The number of benzene rings is 1. The van der Waals surface area contributed by atoms with Crippen LogP contribution >= 0.6 is 0 Å². The molecule has 5 heteroatoms. The minimum atomic E-state index is 0.541. The van der Waals surface area contributed by atoms with E-state index < -0.39 is 0 Å². The average molecular weight is 371 g/mol. The highest BCUT2D eigenvalue weighted by Gasteiger charge is 2.21. The van der Waals surface area contributed by atoms with Crippen LogP contribution in [0.2, 0.25) is 0 Å². The monoisotopic (exact) mass is 371 g/mol. The summed E-state index contributed by atoms with van der Waals surface area (Å²) in [5, 5.41) is 11.0. The summed E-state index contributed by atoms with van der Waals surface area (Å²) in [6.07, 6.45) is 9.92. The first-order valence-electron chi connectivity index (χ1n) is 10.3. The number of aryl methyl sites for hydroxylation is 1. The van der Waals surface area contributed by atoms with Gasteiger partial charge in [0, 0.05) is 23.3 Å². The second kappa shape index (κ2) is 7.23. The van der Waals surface area contributed by atoms with Crippen LogP contribution in [0.25, 0.3) is 22.2 Å². The summed E-state index contributed by atoms with van der Waals surface area (Å²) in [6.45, 7) is 2.87. The zero-order valence-electron chi connectivity index (χ0n) is 16.3. The first-order valence-corrected chi connectivity index (χ1v) is 10.3. The van der Waals surface area contributed by atoms with Crippen molar-refractivity contribution < 1.29 is 0 Å². The Balaban J connectivity index is 1.50. The molecule has 0 unspecified atom stereocenters. The molecule has 5 rings (SSSR count). The molecule has 1 saturated carbocycles. The smallest absolute Gasteiger partial charge is 0.0924 e. The molecule has 0 spiro atoms. The summed E-state index contributed by atoms with van der Waals surface area (Å²) in [5.74, 6) is 0. The van der Waals surface area contributed by atoms with Crippen LogP contribution in [0.3, 0.4) is 0 Å². The Morgan fingerprint density at radius 2 is 1.93 bits per heavy atom. The second-order valence-corrected chi connectivity index (χ2v) is 7.63. The molecule has 1 aliphatic carbocycles. The molecule has 0 bridgehead atoms. The van der Waals surface area contributed by atoms with E-state index in [0.29, 0.717) is 12.6 Å². The van der Waals surface area contributed by atoms with Crippen LogP contribution in [0, 0.1) is 0 Å². The van der Waals surface area contributed by atoms with Gasteiger partial charge >= 0.3 is 0 Å². The quantitative estimate of drug-likeness (QED) is 0.495. The number of rotatable bonds is 5. The van der Waals surface area contributed by atoms with Crippen molar-refractivity contribution in [3.8, 4) is 11.3 Å². The predicted octanol–water partition coefficient (Wildman–Crippen LogP) is 5.02. The number of nitrogens with zero attached hydrogens (tertiary/aromatic N) is 5. The van der Waals surface area contributed by atoms with Crippen LogP contribution in [0.4, 0.5) is 0 Å². The SMILES string of the molecule is CCc1nn(C2CCCC2)c2cc(-c3ccn(Cc4ccccn4)n3)ccc12. The van der Waals surface area contributed by atoms with Crippen molar-refractivity contribution in [1.29, 1.82) is 0 Å². The van der Waals surface area contributed by atoms with E-state index >= 15 is 0 Å². The van der Waals surface area contributed by atoms with Crippen molar-refractivity contribution in [1.82, 2.24) is 24.5 Å². The maximum absolute atomic E-state index is 4.97. The van der Waals surface area contributed by atoms with E-state index in [1.165, 1.54) is 42.3 Å². The Kier molecular flexibility index (Phi) is 4.43. The van der Waals surface area contributed by atoms with E-state index in [1.54, 1.807) is 0 Å². The van der Waals surface area contributed by atoms with Gasteiger partial charge in [-0.2, -0.15) is 10.2 Å². The molecular weight excluding hydrogens is 346 g/mol. The first-order chi connectivity index (χ1) is 13.8. The fourth-order valence-electron chi connectivity index (χ4n) is 4.31. The largest absolute Gasteiger partial charge is 0.266 e. The lowest BCUT2D eigenvalue weighted by molar-refractivity contribution is 0.478. The lowest BCUT2D eigenvalue weighted by Crippen LogP contribution is -2.06. The summed E-state index contributed by atoms with van der Waals surface area (Å²) in [7, 11) is 0. The van der Waals surface area contributed by atoms with Gasteiger partial charge in [-0.15, -0.1) is 0 Å². The molecule has 0 N–H and O–H groups in total. The molecule has 28 heavy (non-hydrogen) atoms. The van der Waals surface area contributed by atoms with Gasteiger partial charge in [0.05, 0.1) is 35.2 Å². The van der Waals surface area contributed by atoms with E-state index in [-0.39, 0.29) is 0 Å². The third-order valence-electron chi connectivity index (χ3n) is 5.78. The van der Waals surface area contributed by atoms with Gasteiger partial charge < -0.3 is 0 Å². The fraction of sp³-hybridized carbons (Fsp3) is 0.348. The summed E-state index contributed by atoms with van der Waals surface area (Å²) < 4.78 is 4.24. The average Bonchev–Trinajstić information content (AvgIpc) is 3.48. The third-order valence-corrected chi connectivity index (χ3v) is 5.78. The lowest BCUT2D eigenvalue weighted by atomic mass is 10.1. The van der Waals surface area contributed by atoms with Crippen molar-refractivity contribution in [2.24, 2.45) is 0 Å². The van der Waals surface area contributed by atoms with Crippen LogP contribution in [0.5, 0.6) is 0 Å². The minimum Gasteiger partial charge on any atom is -0.266 e.